The maximum Gasteiger partial charge on any atom is 0.339 e. The predicted molar refractivity (Wildman–Crippen MR) is 136 cm³/mol. The number of methoxy groups -OCH3 is 1. The van der Waals surface area contributed by atoms with Gasteiger partial charge in [-0.05, 0) is 49.8 Å². The third-order valence-corrected chi connectivity index (χ3v) is 9.19. The number of sulfone groups is 1. The highest BCUT2D eigenvalue weighted by Gasteiger charge is 2.43. The van der Waals surface area contributed by atoms with E-state index in [1.165, 1.54) is 57.4 Å². The molecule has 4 rings (SSSR count). The van der Waals surface area contributed by atoms with Crippen molar-refractivity contribution in [1.82, 2.24) is 4.90 Å². The van der Waals surface area contributed by atoms with Crippen LogP contribution in [0, 0.1) is 5.41 Å². The second-order valence-corrected chi connectivity index (χ2v) is 12.4. The van der Waals surface area contributed by atoms with Crippen LogP contribution in [0.1, 0.15) is 19.4 Å². The number of benzene rings is 2. The summed E-state index contributed by atoms with van der Waals surface area (Å²) in [6, 6.07) is 11.8. The summed E-state index contributed by atoms with van der Waals surface area (Å²) in [4.78, 5) is 17.5. The van der Waals surface area contributed by atoms with Gasteiger partial charge in [0.1, 0.15) is 10.7 Å². The molecule has 0 aromatic heterocycles. The van der Waals surface area contributed by atoms with Gasteiger partial charge in [-0.3, -0.25) is 10.2 Å². The molecular weight excluding hydrogens is 528 g/mol. The highest BCUT2D eigenvalue weighted by molar-refractivity contribution is 8.16. The standard InChI is InChI=1S/C22H20N4O7S3/c1-13(2)35(28,29)22-25-34-21-24-20(27)16(19(23)26(21)22)11-14-9-10-17(18(12-14)32-3)33-36(30,31)15-7-5-4-6-8-15/h4-13,23H,1-3H3/b16-11-,23-19?. The van der Waals surface area contributed by atoms with Crippen molar-refractivity contribution in [3.05, 3.63) is 59.7 Å². The summed E-state index contributed by atoms with van der Waals surface area (Å²) in [6.07, 6.45) is 1.32. The summed E-state index contributed by atoms with van der Waals surface area (Å²) in [5.41, 5.74) is 0.181. The van der Waals surface area contributed by atoms with Crippen LogP contribution in [0.5, 0.6) is 11.5 Å². The van der Waals surface area contributed by atoms with E-state index in [-0.39, 0.29) is 32.3 Å². The van der Waals surface area contributed by atoms with Crippen LogP contribution in [-0.2, 0) is 24.7 Å². The number of nitrogens with one attached hydrogen (secondary N) is 1. The number of carbonyl (C=O) groups is 1. The van der Waals surface area contributed by atoms with Gasteiger partial charge in [0.25, 0.3) is 5.91 Å². The van der Waals surface area contributed by atoms with Crippen LogP contribution in [0.2, 0.25) is 0 Å². The summed E-state index contributed by atoms with van der Waals surface area (Å²) in [7, 11) is -6.65. The van der Waals surface area contributed by atoms with Gasteiger partial charge in [-0.15, -0.1) is 0 Å². The lowest BCUT2D eigenvalue weighted by molar-refractivity contribution is -0.114. The molecule has 188 valence electrons. The molecule has 1 N–H and O–H groups in total. The van der Waals surface area contributed by atoms with E-state index in [0.29, 0.717) is 17.5 Å². The molecule has 2 aliphatic rings. The Morgan fingerprint density at radius 3 is 2.39 bits per heavy atom. The molecule has 0 fully saturated rings. The van der Waals surface area contributed by atoms with E-state index in [0.717, 1.165) is 4.90 Å². The van der Waals surface area contributed by atoms with E-state index in [1.54, 1.807) is 18.2 Å². The topological polar surface area (TPSA) is 156 Å². The first kappa shape index (κ1) is 25.6. The number of carbonyl (C=O) groups excluding carboxylic acids is 1. The molecule has 1 amide bonds. The Labute approximate surface area is 212 Å². The van der Waals surface area contributed by atoms with Gasteiger partial charge < -0.3 is 8.92 Å². The van der Waals surface area contributed by atoms with Gasteiger partial charge in [-0.1, -0.05) is 24.3 Å². The molecule has 0 saturated carbocycles. The van der Waals surface area contributed by atoms with Crippen LogP contribution < -0.4 is 8.92 Å². The number of amides is 1. The van der Waals surface area contributed by atoms with Crippen molar-refractivity contribution in [2.45, 2.75) is 24.0 Å². The highest BCUT2D eigenvalue weighted by atomic mass is 32.2. The SMILES string of the molecule is COc1cc(/C=C2/C(=N)N3C(=NC2=O)SN=C3S(=O)(=O)C(C)C)ccc1OS(=O)(=O)c1ccccc1. The number of aliphatic imine (C=N–C) groups is 1. The van der Waals surface area contributed by atoms with Gasteiger partial charge in [-0.25, -0.2) is 13.3 Å². The molecule has 0 atom stereocenters. The number of ether oxygens (including phenoxy) is 1. The maximum atomic E-state index is 12.7. The molecule has 2 aromatic rings. The van der Waals surface area contributed by atoms with Crippen LogP contribution in [0.3, 0.4) is 0 Å². The number of rotatable bonds is 6. The molecule has 0 spiro atoms. The Morgan fingerprint density at radius 1 is 1.06 bits per heavy atom. The third kappa shape index (κ3) is 4.66. The highest BCUT2D eigenvalue weighted by Crippen LogP contribution is 2.34. The number of nitrogens with zero attached hydrogens (tertiary/aromatic N) is 3. The van der Waals surface area contributed by atoms with E-state index in [4.69, 9.17) is 14.3 Å². The Bertz CT molecular complexity index is 1560. The smallest absolute Gasteiger partial charge is 0.339 e. The van der Waals surface area contributed by atoms with Crippen molar-refractivity contribution >= 4 is 60.1 Å². The molecule has 14 heteroatoms. The molecular formula is C22H20N4O7S3. The zero-order valence-electron chi connectivity index (χ0n) is 19.2. The number of amidine groups is 3. The van der Waals surface area contributed by atoms with Crippen LogP contribution in [0.25, 0.3) is 6.08 Å². The molecule has 0 aliphatic carbocycles. The first-order valence-electron chi connectivity index (χ1n) is 10.4. The molecule has 0 saturated heterocycles. The zero-order chi connectivity index (χ0) is 26.3. The maximum absolute atomic E-state index is 12.7. The normalized spacial score (nSPS) is 17.2. The first-order valence-corrected chi connectivity index (χ1v) is 14.1. The number of fused-ring (bicyclic) bond motifs is 1. The molecule has 0 radical (unpaired) electrons. The summed E-state index contributed by atoms with van der Waals surface area (Å²) in [5, 5.41) is 7.34. The van der Waals surface area contributed by atoms with Gasteiger partial charge in [0.15, 0.2) is 11.5 Å². The Balaban J connectivity index is 1.67. The lowest BCUT2D eigenvalue weighted by Gasteiger charge is -2.25. The van der Waals surface area contributed by atoms with Gasteiger partial charge in [0.2, 0.25) is 20.2 Å². The van der Waals surface area contributed by atoms with E-state index in [1.807, 2.05) is 0 Å². The van der Waals surface area contributed by atoms with Gasteiger partial charge in [-0.2, -0.15) is 17.8 Å². The van der Waals surface area contributed by atoms with Gasteiger partial charge in [0, 0.05) is 0 Å². The first-order chi connectivity index (χ1) is 17.0. The van der Waals surface area contributed by atoms with Crippen LogP contribution in [0.15, 0.2) is 68.4 Å². The minimum atomic E-state index is -4.12. The minimum absolute atomic E-state index is 0.0196. The summed E-state index contributed by atoms with van der Waals surface area (Å²) < 4.78 is 65.0. The van der Waals surface area contributed by atoms with E-state index < -0.39 is 36.9 Å². The zero-order valence-corrected chi connectivity index (χ0v) is 21.6. The van der Waals surface area contributed by atoms with E-state index >= 15 is 0 Å². The van der Waals surface area contributed by atoms with Crippen molar-refractivity contribution in [2.24, 2.45) is 9.39 Å². The lowest BCUT2D eigenvalue weighted by atomic mass is 10.1. The fraction of sp³-hybridized carbons (Fsp3) is 0.182. The van der Waals surface area contributed by atoms with Crippen LogP contribution in [0.4, 0.5) is 0 Å². The average molecular weight is 549 g/mol. The van der Waals surface area contributed by atoms with Crippen LogP contribution >= 0.6 is 11.9 Å². The lowest BCUT2D eigenvalue weighted by Crippen LogP contribution is -2.46. The molecule has 2 heterocycles. The van der Waals surface area contributed by atoms with E-state index in [9.17, 15) is 21.6 Å². The second-order valence-electron chi connectivity index (χ2n) is 7.76. The largest absolute Gasteiger partial charge is 0.493 e. The van der Waals surface area contributed by atoms with Crippen molar-refractivity contribution < 1.29 is 30.6 Å². The molecule has 2 aromatic carbocycles. The minimum Gasteiger partial charge on any atom is -0.493 e. The summed E-state index contributed by atoms with van der Waals surface area (Å²) in [5.74, 6) is -1.17. The number of hydrogen-bond donors (Lipinski definition) is 1. The predicted octanol–water partition coefficient (Wildman–Crippen LogP) is 2.86. The number of hydrogen-bond acceptors (Lipinski definition) is 10. The summed E-state index contributed by atoms with van der Waals surface area (Å²) in [6.45, 7) is 2.97. The van der Waals surface area contributed by atoms with Crippen molar-refractivity contribution in [3.63, 3.8) is 0 Å². The van der Waals surface area contributed by atoms with E-state index in [2.05, 4.69) is 9.39 Å². The fourth-order valence-corrected chi connectivity index (χ4v) is 6.18. The average Bonchev–Trinajstić information content (AvgIpc) is 3.27. The van der Waals surface area contributed by atoms with Crippen molar-refractivity contribution in [2.75, 3.05) is 7.11 Å². The van der Waals surface area contributed by atoms with Crippen molar-refractivity contribution in [3.8, 4) is 11.5 Å². The van der Waals surface area contributed by atoms with Crippen molar-refractivity contribution in [1.29, 1.82) is 5.41 Å². The quantitative estimate of drug-likeness (QED) is 0.326. The molecule has 0 unspecified atom stereocenters. The van der Waals surface area contributed by atoms with Crippen LogP contribution in [-0.4, -0.2) is 56.2 Å². The van der Waals surface area contributed by atoms with Gasteiger partial charge in [0.05, 0.1) is 29.9 Å². The Hall–Kier alpha value is -3.49. The Morgan fingerprint density at radius 2 is 1.75 bits per heavy atom. The molecule has 11 nitrogen and oxygen atoms in total. The second kappa shape index (κ2) is 9.52. The molecule has 0 bridgehead atoms. The molecule has 2 aliphatic heterocycles. The molecule has 36 heavy (non-hydrogen) atoms. The Kier molecular flexibility index (Phi) is 6.77. The van der Waals surface area contributed by atoms with Gasteiger partial charge >= 0.3 is 10.1 Å². The fourth-order valence-electron chi connectivity index (χ4n) is 3.16. The monoisotopic (exact) mass is 548 g/mol. The summed E-state index contributed by atoms with van der Waals surface area (Å²) >= 11 is 0.708. The third-order valence-electron chi connectivity index (χ3n) is 5.10.